The Kier molecular flexibility index (Phi) is 4.95. The molecule has 1 amide bonds. The number of carbonyl (C=O) groups is 1. The third kappa shape index (κ3) is 4.07. The molecule has 1 atom stereocenters. The number of hydrogen-bond donors (Lipinski definition) is 2. The number of aliphatic hydroxyl groups is 1. The zero-order valence-electron chi connectivity index (χ0n) is 12.2. The van der Waals surface area contributed by atoms with Gasteiger partial charge in [-0.25, -0.2) is 0 Å². The van der Waals surface area contributed by atoms with Crippen molar-refractivity contribution in [2.75, 3.05) is 11.9 Å². The lowest BCUT2D eigenvalue weighted by Gasteiger charge is -2.09. The highest BCUT2D eigenvalue weighted by molar-refractivity contribution is 6.04. The van der Waals surface area contributed by atoms with Gasteiger partial charge in [0.15, 0.2) is 0 Å². The molecule has 4 nitrogen and oxygen atoms in total. The molecule has 110 valence electrons. The minimum atomic E-state index is -0.516. The van der Waals surface area contributed by atoms with E-state index in [2.05, 4.69) is 5.32 Å². The van der Waals surface area contributed by atoms with Crippen molar-refractivity contribution in [3.63, 3.8) is 0 Å². The van der Waals surface area contributed by atoms with E-state index in [9.17, 15) is 9.90 Å². The molecule has 2 rings (SSSR count). The summed E-state index contributed by atoms with van der Waals surface area (Å²) in [6.07, 6.45) is -0.516. The number of benzene rings is 2. The van der Waals surface area contributed by atoms with Gasteiger partial charge < -0.3 is 15.2 Å². The van der Waals surface area contributed by atoms with Gasteiger partial charge in [0.2, 0.25) is 0 Å². The molecule has 0 fully saturated rings. The van der Waals surface area contributed by atoms with Crippen molar-refractivity contribution in [3.8, 4) is 5.75 Å². The number of rotatable bonds is 5. The van der Waals surface area contributed by atoms with Crippen molar-refractivity contribution in [2.24, 2.45) is 0 Å². The maximum Gasteiger partial charge on any atom is 0.255 e. The standard InChI is InChI=1S/C17H19NO3/c1-3-21-16-6-4-5-14(11-16)17(20)18-15-9-7-13(8-10-15)12(2)19/h4-12,19H,3H2,1-2H3,(H,18,20)/t12-/m0/s1. The van der Waals surface area contributed by atoms with Gasteiger partial charge >= 0.3 is 0 Å². The monoisotopic (exact) mass is 285 g/mol. The molecule has 0 aromatic heterocycles. The van der Waals surface area contributed by atoms with Crippen LogP contribution in [0.1, 0.15) is 35.9 Å². The van der Waals surface area contributed by atoms with E-state index in [1.165, 1.54) is 0 Å². The molecule has 0 aliphatic carbocycles. The zero-order chi connectivity index (χ0) is 15.2. The largest absolute Gasteiger partial charge is 0.494 e. The molecule has 0 aliphatic heterocycles. The first-order valence-electron chi connectivity index (χ1n) is 6.92. The Balaban J connectivity index is 2.08. The van der Waals surface area contributed by atoms with Crippen LogP contribution >= 0.6 is 0 Å². The summed E-state index contributed by atoms with van der Waals surface area (Å²) in [6, 6.07) is 14.2. The first-order valence-corrected chi connectivity index (χ1v) is 6.92. The molecule has 2 N–H and O–H groups in total. The fraction of sp³-hybridized carbons (Fsp3) is 0.235. The highest BCUT2D eigenvalue weighted by Gasteiger charge is 2.08. The molecule has 0 saturated heterocycles. The van der Waals surface area contributed by atoms with Gasteiger partial charge in [0, 0.05) is 11.3 Å². The van der Waals surface area contributed by atoms with Crippen molar-refractivity contribution in [1.82, 2.24) is 0 Å². The van der Waals surface area contributed by atoms with Crippen LogP contribution in [0.2, 0.25) is 0 Å². The average Bonchev–Trinajstić information content (AvgIpc) is 2.48. The van der Waals surface area contributed by atoms with E-state index in [1.54, 1.807) is 49.4 Å². The number of amides is 1. The van der Waals surface area contributed by atoms with E-state index >= 15 is 0 Å². The Bertz CT molecular complexity index is 606. The van der Waals surface area contributed by atoms with E-state index in [4.69, 9.17) is 4.74 Å². The lowest BCUT2D eigenvalue weighted by atomic mass is 10.1. The highest BCUT2D eigenvalue weighted by Crippen LogP contribution is 2.18. The number of anilines is 1. The molecule has 2 aromatic carbocycles. The second-order valence-corrected chi connectivity index (χ2v) is 4.71. The average molecular weight is 285 g/mol. The van der Waals surface area contributed by atoms with Gasteiger partial charge in [-0.1, -0.05) is 18.2 Å². The minimum Gasteiger partial charge on any atom is -0.494 e. The fourth-order valence-corrected chi connectivity index (χ4v) is 1.94. The fourth-order valence-electron chi connectivity index (χ4n) is 1.94. The summed E-state index contributed by atoms with van der Waals surface area (Å²) in [4.78, 5) is 12.2. The van der Waals surface area contributed by atoms with Crippen LogP contribution in [0.4, 0.5) is 5.69 Å². The molecular formula is C17H19NO3. The predicted molar refractivity (Wildman–Crippen MR) is 82.6 cm³/mol. The Morgan fingerprint density at radius 3 is 2.57 bits per heavy atom. The third-order valence-corrected chi connectivity index (χ3v) is 3.06. The van der Waals surface area contributed by atoms with Crippen molar-refractivity contribution >= 4 is 11.6 Å². The van der Waals surface area contributed by atoms with Gasteiger partial charge in [-0.15, -0.1) is 0 Å². The van der Waals surface area contributed by atoms with Crippen molar-refractivity contribution in [3.05, 3.63) is 59.7 Å². The van der Waals surface area contributed by atoms with Gasteiger partial charge in [-0.05, 0) is 49.7 Å². The van der Waals surface area contributed by atoms with Gasteiger partial charge in [0.05, 0.1) is 12.7 Å². The second-order valence-electron chi connectivity index (χ2n) is 4.71. The lowest BCUT2D eigenvalue weighted by Crippen LogP contribution is -2.12. The Hall–Kier alpha value is -2.33. The van der Waals surface area contributed by atoms with Crippen LogP contribution in [0.5, 0.6) is 5.75 Å². The van der Waals surface area contributed by atoms with Crippen LogP contribution in [-0.2, 0) is 0 Å². The summed E-state index contributed by atoms with van der Waals surface area (Å²) in [7, 11) is 0. The van der Waals surface area contributed by atoms with E-state index in [-0.39, 0.29) is 5.91 Å². The first kappa shape index (κ1) is 15.1. The number of hydrogen-bond acceptors (Lipinski definition) is 3. The summed E-state index contributed by atoms with van der Waals surface area (Å²) < 4.78 is 5.38. The Morgan fingerprint density at radius 1 is 1.24 bits per heavy atom. The molecule has 2 aromatic rings. The molecule has 0 aliphatic rings. The molecule has 0 radical (unpaired) electrons. The summed E-state index contributed by atoms with van der Waals surface area (Å²) >= 11 is 0. The normalized spacial score (nSPS) is 11.8. The third-order valence-electron chi connectivity index (χ3n) is 3.06. The lowest BCUT2D eigenvalue weighted by molar-refractivity contribution is 0.102. The molecule has 0 bridgehead atoms. The van der Waals surface area contributed by atoms with E-state index < -0.39 is 6.10 Å². The van der Waals surface area contributed by atoms with E-state index in [1.807, 2.05) is 13.0 Å². The number of carbonyl (C=O) groups excluding carboxylic acids is 1. The molecule has 21 heavy (non-hydrogen) atoms. The van der Waals surface area contributed by atoms with Gasteiger partial charge in [0.1, 0.15) is 5.75 Å². The molecule has 0 unspecified atom stereocenters. The van der Waals surface area contributed by atoms with Crippen LogP contribution in [0.3, 0.4) is 0 Å². The van der Waals surface area contributed by atoms with Gasteiger partial charge in [0.25, 0.3) is 5.91 Å². The smallest absolute Gasteiger partial charge is 0.255 e. The number of ether oxygens (including phenoxy) is 1. The summed E-state index contributed by atoms with van der Waals surface area (Å²) in [5.74, 6) is 0.482. The molecule has 4 heteroatoms. The SMILES string of the molecule is CCOc1cccc(C(=O)Nc2ccc([C@H](C)O)cc2)c1. The Labute approximate surface area is 124 Å². The van der Waals surface area contributed by atoms with Crippen molar-refractivity contribution < 1.29 is 14.6 Å². The minimum absolute atomic E-state index is 0.193. The van der Waals surface area contributed by atoms with Crippen LogP contribution in [0.25, 0.3) is 0 Å². The quantitative estimate of drug-likeness (QED) is 0.885. The zero-order valence-corrected chi connectivity index (χ0v) is 12.2. The summed E-state index contributed by atoms with van der Waals surface area (Å²) in [5, 5.41) is 12.3. The maximum atomic E-state index is 12.2. The predicted octanol–water partition coefficient (Wildman–Crippen LogP) is 3.39. The molecule has 0 spiro atoms. The Morgan fingerprint density at radius 2 is 1.95 bits per heavy atom. The van der Waals surface area contributed by atoms with E-state index in [0.717, 1.165) is 5.56 Å². The van der Waals surface area contributed by atoms with Crippen LogP contribution in [-0.4, -0.2) is 17.6 Å². The first-order chi connectivity index (χ1) is 10.1. The van der Waals surface area contributed by atoms with Gasteiger partial charge in [-0.3, -0.25) is 4.79 Å². The van der Waals surface area contributed by atoms with Crippen LogP contribution < -0.4 is 10.1 Å². The van der Waals surface area contributed by atoms with Crippen molar-refractivity contribution in [1.29, 1.82) is 0 Å². The maximum absolute atomic E-state index is 12.2. The van der Waals surface area contributed by atoms with Crippen LogP contribution in [0, 0.1) is 0 Å². The number of nitrogens with one attached hydrogen (secondary N) is 1. The molecule has 0 heterocycles. The van der Waals surface area contributed by atoms with Gasteiger partial charge in [-0.2, -0.15) is 0 Å². The topological polar surface area (TPSA) is 58.6 Å². The second kappa shape index (κ2) is 6.90. The summed E-state index contributed by atoms with van der Waals surface area (Å²) in [5.41, 5.74) is 2.04. The molecular weight excluding hydrogens is 266 g/mol. The van der Waals surface area contributed by atoms with Crippen molar-refractivity contribution in [2.45, 2.75) is 20.0 Å². The molecule has 0 saturated carbocycles. The summed E-state index contributed by atoms with van der Waals surface area (Å²) in [6.45, 7) is 4.16. The number of aliphatic hydroxyl groups excluding tert-OH is 1. The van der Waals surface area contributed by atoms with E-state index in [0.29, 0.717) is 23.6 Å². The van der Waals surface area contributed by atoms with Crippen LogP contribution in [0.15, 0.2) is 48.5 Å². The highest BCUT2D eigenvalue weighted by atomic mass is 16.5.